The Morgan fingerprint density at radius 2 is 2.21 bits per heavy atom. The summed E-state index contributed by atoms with van der Waals surface area (Å²) in [5, 5.41) is 2.65. The number of nitrogens with one attached hydrogen (secondary N) is 2. The van der Waals surface area contributed by atoms with Crippen LogP contribution in [0.2, 0.25) is 0 Å². The number of fused-ring (bicyclic) bond motifs is 1. The molecular formula is C18H22N4O2. The molecule has 0 bridgehead atoms. The molecule has 2 heterocycles. The van der Waals surface area contributed by atoms with Crippen molar-refractivity contribution in [2.75, 3.05) is 13.1 Å². The van der Waals surface area contributed by atoms with Crippen molar-refractivity contribution in [2.24, 2.45) is 0 Å². The van der Waals surface area contributed by atoms with Crippen LogP contribution in [-0.2, 0) is 9.59 Å². The summed E-state index contributed by atoms with van der Waals surface area (Å²) < 4.78 is 0. The molecule has 2 amide bonds. The van der Waals surface area contributed by atoms with Crippen LogP contribution in [0.3, 0.4) is 0 Å². The van der Waals surface area contributed by atoms with E-state index in [1.54, 1.807) is 0 Å². The average molecular weight is 326 g/mol. The molecule has 1 atom stereocenters. The van der Waals surface area contributed by atoms with Crippen molar-refractivity contribution >= 4 is 22.8 Å². The van der Waals surface area contributed by atoms with Crippen molar-refractivity contribution < 1.29 is 9.59 Å². The highest BCUT2D eigenvalue weighted by Gasteiger charge is 2.29. The molecular weight excluding hydrogens is 304 g/mol. The predicted octanol–water partition coefficient (Wildman–Crippen LogP) is 2.31. The van der Waals surface area contributed by atoms with Crippen molar-refractivity contribution in [2.45, 2.75) is 31.7 Å². The third-order valence-electron chi connectivity index (χ3n) is 4.37. The molecule has 1 saturated heterocycles. The molecule has 6 nitrogen and oxygen atoms in total. The number of imidazole rings is 1. The lowest BCUT2D eigenvalue weighted by Crippen LogP contribution is -2.40. The van der Waals surface area contributed by atoms with Crippen molar-refractivity contribution in [3.8, 4) is 0 Å². The first-order chi connectivity index (χ1) is 11.7. The van der Waals surface area contributed by atoms with E-state index < -0.39 is 0 Å². The highest BCUT2D eigenvalue weighted by Crippen LogP contribution is 2.30. The standard InChI is InChI=1S/C18H22N4O2/c1-2-16(23)19-11-10-17(24)22-12-6-5-9-15(22)18-20-13-7-3-4-8-14(13)21-18/h2-4,7-8,15H,1,5-6,9-12H2,(H,19,23)(H,20,21). The molecule has 1 aromatic heterocycles. The van der Waals surface area contributed by atoms with Gasteiger partial charge in [-0.2, -0.15) is 0 Å². The van der Waals surface area contributed by atoms with Gasteiger partial charge >= 0.3 is 0 Å². The lowest BCUT2D eigenvalue weighted by molar-refractivity contribution is -0.135. The van der Waals surface area contributed by atoms with Gasteiger partial charge in [-0.1, -0.05) is 18.7 Å². The highest BCUT2D eigenvalue weighted by atomic mass is 16.2. The van der Waals surface area contributed by atoms with Crippen LogP contribution in [0.1, 0.15) is 37.5 Å². The second-order valence-corrected chi connectivity index (χ2v) is 5.98. The minimum Gasteiger partial charge on any atom is -0.352 e. The number of para-hydroxylation sites is 2. The number of aromatic nitrogens is 2. The van der Waals surface area contributed by atoms with Gasteiger partial charge in [0, 0.05) is 19.5 Å². The summed E-state index contributed by atoms with van der Waals surface area (Å²) in [7, 11) is 0. The monoisotopic (exact) mass is 326 g/mol. The molecule has 1 fully saturated rings. The summed E-state index contributed by atoms with van der Waals surface area (Å²) in [6.45, 7) is 4.46. The van der Waals surface area contributed by atoms with Crippen molar-refractivity contribution in [1.82, 2.24) is 20.2 Å². The van der Waals surface area contributed by atoms with Crippen molar-refractivity contribution in [1.29, 1.82) is 0 Å². The zero-order valence-corrected chi connectivity index (χ0v) is 13.6. The number of aromatic amines is 1. The van der Waals surface area contributed by atoms with Gasteiger partial charge in [-0.15, -0.1) is 0 Å². The van der Waals surface area contributed by atoms with Crippen LogP contribution < -0.4 is 5.32 Å². The quantitative estimate of drug-likeness (QED) is 0.828. The Kier molecular flexibility index (Phi) is 4.93. The number of nitrogens with zero attached hydrogens (tertiary/aromatic N) is 2. The number of carbonyl (C=O) groups excluding carboxylic acids is 2. The number of hydrogen-bond donors (Lipinski definition) is 2. The van der Waals surface area contributed by atoms with E-state index in [1.807, 2.05) is 29.2 Å². The van der Waals surface area contributed by atoms with Crippen LogP contribution in [-0.4, -0.2) is 39.8 Å². The van der Waals surface area contributed by atoms with E-state index in [0.29, 0.717) is 6.54 Å². The number of piperidine rings is 1. The van der Waals surface area contributed by atoms with Gasteiger partial charge in [-0.3, -0.25) is 9.59 Å². The van der Waals surface area contributed by atoms with Crippen LogP contribution >= 0.6 is 0 Å². The van der Waals surface area contributed by atoms with Gasteiger partial charge in [0.25, 0.3) is 0 Å². The van der Waals surface area contributed by atoms with Crippen LogP contribution in [0.4, 0.5) is 0 Å². The topological polar surface area (TPSA) is 78.1 Å². The number of hydrogen-bond acceptors (Lipinski definition) is 3. The van der Waals surface area contributed by atoms with Gasteiger partial charge in [0.2, 0.25) is 11.8 Å². The van der Waals surface area contributed by atoms with E-state index in [-0.39, 0.29) is 24.3 Å². The van der Waals surface area contributed by atoms with E-state index in [4.69, 9.17) is 0 Å². The molecule has 1 unspecified atom stereocenters. The highest BCUT2D eigenvalue weighted by molar-refractivity contribution is 5.87. The number of likely N-dealkylation sites (tertiary alicyclic amines) is 1. The molecule has 2 aromatic rings. The van der Waals surface area contributed by atoms with Crippen LogP contribution in [0.15, 0.2) is 36.9 Å². The summed E-state index contributed by atoms with van der Waals surface area (Å²) >= 11 is 0. The average Bonchev–Trinajstić information content (AvgIpc) is 3.05. The Morgan fingerprint density at radius 3 is 3.00 bits per heavy atom. The third kappa shape index (κ3) is 3.48. The maximum Gasteiger partial charge on any atom is 0.243 e. The minimum absolute atomic E-state index is 0.0197. The third-order valence-corrected chi connectivity index (χ3v) is 4.37. The SMILES string of the molecule is C=CC(=O)NCCC(=O)N1CCCCC1c1nc2ccccc2[nH]1. The first kappa shape index (κ1) is 16.2. The Balaban J connectivity index is 1.71. The van der Waals surface area contributed by atoms with Crippen LogP contribution in [0, 0.1) is 0 Å². The Hall–Kier alpha value is -2.63. The molecule has 3 rings (SSSR count). The zero-order chi connectivity index (χ0) is 16.9. The first-order valence-electron chi connectivity index (χ1n) is 8.33. The van der Waals surface area contributed by atoms with Gasteiger partial charge < -0.3 is 15.2 Å². The summed E-state index contributed by atoms with van der Waals surface area (Å²) in [5.41, 5.74) is 1.91. The fraction of sp³-hybridized carbons (Fsp3) is 0.389. The minimum atomic E-state index is -0.254. The maximum absolute atomic E-state index is 12.6. The Bertz CT molecular complexity index is 719. The van der Waals surface area contributed by atoms with Gasteiger partial charge in [0.15, 0.2) is 0 Å². The Labute approximate surface area is 140 Å². The lowest BCUT2D eigenvalue weighted by Gasteiger charge is -2.34. The zero-order valence-electron chi connectivity index (χ0n) is 13.6. The number of amides is 2. The molecule has 1 aromatic carbocycles. The van der Waals surface area contributed by atoms with Gasteiger partial charge in [0.1, 0.15) is 5.82 Å². The molecule has 24 heavy (non-hydrogen) atoms. The van der Waals surface area contributed by atoms with Crippen molar-refractivity contribution in [3.63, 3.8) is 0 Å². The molecule has 0 radical (unpaired) electrons. The second-order valence-electron chi connectivity index (χ2n) is 5.98. The summed E-state index contributed by atoms with van der Waals surface area (Å²) in [4.78, 5) is 33.7. The van der Waals surface area contributed by atoms with Gasteiger partial charge in [0.05, 0.1) is 17.1 Å². The molecule has 6 heteroatoms. The van der Waals surface area contributed by atoms with E-state index in [1.165, 1.54) is 6.08 Å². The van der Waals surface area contributed by atoms with Crippen molar-refractivity contribution in [3.05, 3.63) is 42.7 Å². The number of benzene rings is 1. The first-order valence-corrected chi connectivity index (χ1v) is 8.33. The molecule has 0 aliphatic carbocycles. The van der Waals surface area contributed by atoms with Crippen LogP contribution in [0.5, 0.6) is 0 Å². The summed E-state index contributed by atoms with van der Waals surface area (Å²) in [6.07, 6.45) is 4.49. The number of H-pyrrole nitrogens is 1. The maximum atomic E-state index is 12.6. The largest absolute Gasteiger partial charge is 0.352 e. The molecule has 1 aliphatic heterocycles. The van der Waals surface area contributed by atoms with Gasteiger partial charge in [-0.05, 0) is 37.5 Å². The fourth-order valence-corrected chi connectivity index (χ4v) is 3.15. The smallest absolute Gasteiger partial charge is 0.243 e. The molecule has 2 N–H and O–H groups in total. The van der Waals surface area contributed by atoms with E-state index in [0.717, 1.165) is 42.7 Å². The molecule has 1 aliphatic rings. The second kappa shape index (κ2) is 7.29. The van der Waals surface area contributed by atoms with Gasteiger partial charge in [-0.25, -0.2) is 4.98 Å². The summed E-state index contributed by atoms with van der Waals surface area (Å²) in [5.74, 6) is 0.638. The van der Waals surface area contributed by atoms with Crippen LogP contribution in [0.25, 0.3) is 11.0 Å². The van der Waals surface area contributed by atoms with E-state index in [2.05, 4.69) is 21.9 Å². The fourth-order valence-electron chi connectivity index (χ4n) is 3.15. The van der Waals surface area contributed by atoms with E-state index >= 15 is 0 Å². The number of rotatable bonds is 5. The van der Waals surface area contributed by atoms with E-state index in [9.17, 15) is 9.59 Å². The predicted molar refractivity (Wildman–Crippen MR) is 92.2 cm³/mol. The molecule has 0 saturated carbocycles. The lowest BCUT2D eigenvalue weighted by atomic mass is 10.0. The summed E-state index contributed by atoms with van der Waals surface area (Å²) in [6, 6.07) is 7.87. The Morgan fingerprint density at radius 1 is 1.38 bits per heavy atom. The molecule has 126 valence electrons. The number of carbonyl (C=O) groups is 2. The normalized spacial score (nSPS) is 17.7. The molecule has 0 spiro atoms.